The molecule has 2 aliphatic carbocycles. The lowest BCUT2D eigenvalue weighted by Gasteiger charge is -2.70. The topological polar surface area (TPSA) is 152 Å². The molecule has 4 fully saturated rings. The summed E-state index contributed by atoms with van der Waals surface area (Å²) in [5, 5.41) is 10.5. The third-order valence-electron chi connectivity index (χ3n) is 10.5. The number of aliphatic hydroxyl groups excluding tert-OH is 1. The summed E-state index contributed by atoms with van der Waals surface area (Å²) in [6.45, 7) is 12.9. The first-order chi connectivity index (χ1) is 18.5. The second-order valence-corrected chi connectivity index (χ2v) is 12.7. The second-order valence-electron chi connectivity index (χ2n) is 12.7. The van der Waals surface area contributed by atoms with Crippen LogP contribution in [0.15, 0.2) is 23.8 Å². The molecule has 0 amide bonds. The van der Waals surface area contributed by atoms with Gasteiger partial charge in [0.05, 0.1) is 19.6 Å². The Kier molecular flexibility index (Phi) is 6.39. The highest BCUT2D eigenvalue weighted by atomic mass is 16.6. The molecular weight excluding hydrogens is 524 g/mol. The number of aliphatic hydroxyl groups is 1. The molecule has 11 nitrogen and oxygen atoms in total. The van der Waals surface area contributed by atoms with E-state index in [0.29, 0.717) is 18.4 Å². The largest absolute Gasteiger partial charge is 0.466 e. The summed E-state index contributed by atoms with van der Waals surface area (Å²) in [4.78, 5) is 64.0. The van der Waals surface area contributed by atoms with Gasteiger partial charge in [0.1, 0.15) is 17.5 Å². The predicted molar refractivity (Wildman–Crippen MR) is 135 cm³/mol. The van der Waals surface area contributed by atoms with Crippen molar-refractivity contribution in [3.8, 4) is 0 Å². The van der Waals surface area contributed by atoms with Crippen molar-refractivity contribution in [1.82, 2.24) is 0 Å². The molecule has 0 aromatic heterocycles. The maximum Gasteiger partial charge on any atom is 0.347 e. The minimum atomic E-state index is -1.57. The van der Waals surface area contributed by atoms with Crippen molar-refractivity contribution in [1.29, 1.82) is 0 Å². The van der Waals surface area contributed by atoms with Crippen molar-refractivity contribution in [2.45, 2.75) is 90.5 Å². The van der Waals surface area contributed by atoms with Crippen LogP contribution in [0.4, 0.5) is 0 Å². The molecule has 0 aromatic carbocycles. The monoisotopic (exact) mass is 560 g/mol. The summed E-state index contributed by atoms with van der Waals surface area (Å²) in [6.07, 6.45) is -2.84. The van der Waals surface area contributed by atoms with E-state index < -0.39 is 76.2 Å². The van der Waals surface area contributed by atoms with E-state index in [4.69, 9.17) is 23.7 Å². The van der Waals surface area contributed by atoms with Crippen LogP contribution >= 0.6 is 0 Å². The number of ketones is 1. The van der Waals surface area contributed by atoms with Gasteiger partial charge in [-0.15, -0.1) is 0 Å². The van der Waals surface area contributed by atoms with Crippen LogP contribution in [0.1, 0.15) is 60.3 Å². The molecule has 2 saturated heterocycles. The second kappa shape index (κ2) is 8.97. The Balaban J connectivity index is 1.65. The standard InChI is InChI=1S/C29H36O11/c1-13-16-8-9-27(5)23(15-10-19(32)39-24(15)34)38-20(33)12-29(13,27)40-18-11-17(31)26(3,4)22(28(16,18)6)21(25(35)36-7)37-14(2)30/h10,16,18,21-24,34H,1,8-9,11-12H2,2-7H3/t16-,18-,21+,22-,23-,24-,27-,28-,29-/m0/s1. The molecular formula is C29H36O11. The number of esters is 4. The molecule has 5 aliphatic rings. The van der Waals surface area contributed by atoms with E-state index >= 15 is 0 Å². The normalized spacial score (nSPS) is 42.5. The van der Waals surface area contributed by atoms with Crippen LogP contribution in [0.3, 0.4) is 0 Å². The molecule has 1 spiro atoms. The van der Waals surface area contributed by atoms with Crippen LogP contribution in [0.5, 0.6) is 0 Å². The SMILES string of the molecule is C=C1[C@@H]2CC[C@@]3(C)[C@H](C4=CC(=O)O[C@@H]4O)OC(=O)C[C@]13O[C@H]1CC(=O)C(C)(C)[C@H]([C@@H](OC(C)=O)C(=O)OC)[C@]12C. The number of carbonyl (C=O) groups is 5. The summed E-state index contributed by atoms with van der Waals surface area (Å²) in [5.74, 6) is -4.17. The van der Waals surface area contributed by atoms with Gasteiger partial charge < -0.3 is 28.8 Å². The average molecular weight is 561 g/mol. The zero-order chi connectivity index (χ0) is 29.6. The van der Waals surface area contributed by atoms with Crippen LogP contribution in [-0.2, 0) is 47.7 Å². The van der Waals surface area contributed by atoms with Gasteiger partial charge >= 0.3 is 23.9 Å². The fourth-order valence-electron chi connectivity index (χ4n) is 8.54. The van der Waals surface area contributed by atoms with Gasteiger partial charge in [-0.25, -0.2) is 9.59 Å². The van der Waals surface area contributed by atoms with Crippen LogP contribution in [-0.4, -0.2) is 72.1 Å². The summed E-state index contributed by atoms with van der Waals surface area (Å²) in [7, 11) is 1.20. The quantitative estimate of drug-likeness (QED) is 0.305. The van der Waals surface area contributed by atoms with E-state index in [1.54, 1.807) is 13.8 Å². The molecule has 5 rings (SSSR count). The lowest BCUT2D eigenvalue weighted by molar-refractivity contribution is -0.300. The van der Waals surface area contributed by atoms with Gasteiger partial charge in [0, 0.05) is 47.2 Å². The molecule has 3 heterocycles. The smallest absolute Gasteiger partial charge is 0.347 e. The number of fused-ring (bicyclic) bond motifs is 3. The van der Waals surface area contributed by atoms with Crippen molar-refractivity contribution in [2.24, 2.45) is 28.1 Å². The molecule has 11 heteroatoms. The molecule has 1 N–H and O–H groups in total. The van der Waals surface area contributed by atoms with E-state index in [0.717, 1.165) is 6.08 Å². The van der Waals surface area contributed by atoms with Gasteiger partial charge in [0.25, 0.3) is 0 Å². The summed E-state index contributed by atoms with van der Waals surface area (Å²) >= 11 is 0. The third kappa shape index (κ3) is 3.59. The predicted octanol–water partition coefficient (Wildman–Crippen LogP) is 1.94. The number of cyclic esters (lactones) is 2. The van der Waals surface area contributed by atoms with Gasteiger partial charge in [0.15, 0.2) is 0 Å². The van der Waals surface area contributed by atoms with E-state index in [1.807, 2.05) is 13.8 Å². The summed E-state index contributed by atoms with van der Waals surface area (Å²) < 4.78 is 28.2. The Bertz CT molecular complexity index is 1250. The Hall–Kier alpha value is -3.05. The van der Waals surface area contributed by atoms with Crippen LogP contribution in [0, 0.1) is 28.1 Å². The van der Waals surface area contributed by atoms with Crippen molar-refractivity contribution < 1.29 is 52.8 Å². The highest BCUT2D eigenvalue weighted by Crippen LogP contribution is 2.70. The maximum absolute atomic E-state index is 13.7. The Morgan fingerprint density at radius 2 is 1.82 bits per heavy atom. The van der Waals surface area contributed by atoms with E-state index in [9.17, 15) is 29.1 Å². The molecule has 9 atom stereocenters. The minimum absolute atomic E-state index is 0.00219. The summed E-state index contributed by atoms with van der Waals surface area (Å²) in [6, 6.07) is 0. The van der Waals surface area contributed by atoms with Gasteiger partial charge in [-0.05, 0) is 24.3 Å². The Morgan fingerprint density at radius 1 is 1.15 bits per heavy atom. The molecule has 0 radical (unpaired) electrons. The van der Waals surface area contributed by atoms with Gasteiger partial charge in [-0.3, -0.25) is 14.4 Å². The maximum atomic E-state index is 13.7. The summed E-state index contributed by atoms with van der Waals surface area (Å²) in [5.41, 5.74) is -3.54. The van der Waals surface area contributed by atoms with Crippen LogP contribution < -0.4 is 0 Å². The number of carbonyl (C=O) groups excluding carboxylic acids is 5. The first-order valence-corrected chi connectivity index (χ1v) is 13.5. The first-order valence-electron chi connectivity index (χ1n) is 13.5. The van der Waals surface area contributed by atoms with Crippen molar-refractivity contribution in [2.75, 3.05) is 7.11 Å². The number of ether oxygens (including phenoxy) is 5. The molecule has 3 aliphatic heterocycles. The van der Waals surface area contributed by atoms with Crippen LogP contribution in [0.25, 0.3) is 0 Å². The Labute approximate surface area is 232 Å². The van der Waals surface area contributed by atoms with Gasteiger partial charge in [-0.1, -0.05) is 34.3 Å². The number of rotatable bonds is 4. The lowest BCUT2D eigenvalue weighted by atomic mass is 9.41. The molecule has 0 aromatic rings. The third-order valence-corrected chi connectivity index (χ3v) is 10.5. The van der Waals surface area contributed by atoms with Gasteiger partial charge in [0.2, 0.25) is 12.4 Å². The van der Waals surface area contributed by atoms with E-state index in [2.05, 4.69) is 6.58 Å². The fourth-order valence-corrected chi connectivity index (χ4v) is 8.54. The molecule has 40 heavy (non-hydrogen) atoms. The average Bonchev–Trinajstić information content (AvgIpc) is 3.19. The van der Waals surface area contributed by atoms with Crippen molar-refractivity contribution in [3.05, 3.63) is 23.8 Å². The zero-order valence-electron chi connectivity index (χ0n) is 23.6. The number of methoxy groups -OCH3 is 1. The highest BCUT2D eigenvalue weighted by Gasteiger charge is 2.75. The zero-order valence-corrected chi connectivity index (χ0v) is 23.6. The number of Topliss-reactive ketones (excluding diaryl/α,β-unsaturated/α-hetero) is 1. The number of hydrogen-bond acceptors (Lipinski definition) is 11. The van der Waals surface area contributed by atoms with Crippen molar-refractivity contribution >= 4 is 29.7 Å². The fraction of sp³-hybridized carbons (Fsp3) is 0.690. The van der Waals surface area contributed by atoms with Gasteiger partial charge in [-0.2, -0.15) is 0 Å². The Morgan fingerprint density at radius 3 is 2.40 bits per heavy atom. The number of hydrogen-bond donors (Lipinski definition) is 1. The molecule has 218 valence electrons. The van der Waals surface area contributed by atoms with E-state index in [1.165, 1.54) is 14.0 Å². The molecule has 2 saturated carbocycles. The highest BCUT2D eigenvalue weighted by molar-refractivity contribution is 5.89. The molecule has 2 bridgehead atoms. The lowest BCUT2D eigenvalue weighted by Crippen LogP contribution is -2.75. The first kappa shape index (κ1) is 28.5. The minimum Gasteiger partial charge on any atom is -0.466 e. The van der Waals surface area contributed by atoms with Crippen LogP contribution in [0.2, 0.25) is 0 Å². The van der Waals surface area contributed by atoms with E-state index in [-0.39, 0.29) is 30.1 Å². The van der Waals surface area contributed by atoms with Crippen molar-refractivity contribution in [3.63, 3.8) is 0 Å². The molecule has 0 unspecified atom stereocenters.